The zero-order chi connectivity index (χ0) is 23.1. The molecule has 5 heterocycles. The first kappa shape index (κ1) is 21.4. The minimum absolute atomic E-state index is 0.0603. The maximum Gasteiger partial charge on any atom is 0.251 e. The lowest BCUT2D eigenvalue weighted by Crippen LogP contribution is -2.48. The number of imidazole rings is 1. The third kappa shape index (κ3) is 3.79. The summed E-state index contributed by atoms with van der Waals surface area (Å²) in [5.74, 6) is 1.90. The largest absolute Gasteiger partial charge is 0.368 e. The van der Waals surface area contributed by atoms with E-state index in [9.17, 15) is 0 Å². The molecule has 0 atom stereocenters. The zero-order valence-electron chi connectivity index (χ0n) is 20.0. The van der Waals surface area contributed by atoms with E-state index in [0.717, 1.165) is 61.7 Å². The molecule has 6 rings (SSSR count). The first-order chi connectivity index (χ1) is 16.6. The Morgan fingerprint density at radius 2 is 1.76 bits per heavy atom. The summed E-state index contributed by atoms with van der Waals surface area (Å²) in [5.41, 5.74) is 2.68. The SMILES string of the molecule is CC(C)N1CCN(c2ccc(Nc3ncc4nc5n(c4n3)C3(CCCCC3)CN=N5)nc2)CC1. The summed E-state index contributed by atoms with van der Waals surface area (Å²) in [4.78, 5) is 23.5. The summed E-state index contributed by atoms with van der Waals surface area (Å²) in [6.45, 7) is 9.44. The van der Waals surface area contributed by atoms with E-state index in [0.29, 0.717) is 24.5 Å². The summed E-state index contributed by atoms with van der Waals surface area (Å²) in [6.07, 6.45) is 9.56. The Hall–Kier alpha value is -3.14. The van der Waals surface area contributed by atoms with Crippen molar-refractivity contribution in [3.05, 3.63) is 24.5 Å². The Kier molecular flexibility index (Phi) is 5.40. The van der Waals surface area contributed by atoms with Crippen LogP contribution in [-0.2, 0) is 5.54 Å². The number of piperazine rings is 1. The van der Waals surface area contributed by atoms with Gasteiger partial charge in [0.1, 0.15) is 11.3 Å². The van der Waals surface area contributed by atoms with Gasteiger partial charge >= 0.3 is 0 Å². The van der Waals surface area contributed by atoms with Crippen molar-refractivity contribution in [3.8, 4) is 0 Å². The van der Waals surface area contributed by atoms with Gasteiger partial charge in [0.2, 0.25) is 5.95 Å². The van der Waals surface area contributed by atoms with E-state index in [1.165, 1.54) is 19.3 Å². The van der Waals surface area contributed by atoms with Gasteiger partial charge in [0.15, 0.2) is 5.65 Å². The number of anilines is 3. The lowest BCUT2D eigenvalue weighted by molar-refractivity contribution is 0.199. The Morgan fingerprint density at radius 3 is 2.50 bits per heavy atom. The number of azo groups is 1. The number of fused-ring (bicyclic) bond motifs is 4. The summed E-state index contributed by atoms with van der Waals surface area (Å²) in [5, 5.41) is 12.0. The van der Waals surface area contributed by atoms with Crippen LogP contribution in [0, 0.1) is 0 Å². The lowest BCUT2D eigenvalue weighted by atomic mass is 9.81. The lowest BCUT2D eigenvalue weighted by Gasteiger charge is -2.39. The number of rotatable bonds is 4. The van der Waals surface area contributed by atoms with Crippen molar-refractivity contribution in [2.75, 3.05) is 42.9 Å². The highest BCUT2D eigenvalue weighted by Crippen LogP contribution is 2.42. The molecule has 10 nitrogen and oxygen atoms in total. The van der Waals surface area contributed by atoms with Gasteiger partial charge in [0.25, 0.3) is 5.95 Å². The number of hydrogen-bond donors (Lipinski definition) is 1. The number of nitrogens with zero attached hydrogens (tertiary/aromatic N) is 9. The monoisotopic (exact) mass is 460 g/mol. The van der Waals surface area contributed by atoms with Crippen molar-refractivity contribution < 1.29 is 0 Å². The van der Waals surface area contributed by atoms with Crippen LogP contribution >= 0.6 is 0 Å². The van der Waals surface area contributed by atoms with Crippen LogP contribution < -0.4 is 10.2 Å². The minimum atomic E-state index is -0.0603. The molecule has 3 aliphatic rings. The number of nitrogens with one attached hydrogen (secondary N) is 1. The molecule has 0 aromatic carbocycles. The molecule has 2 fully saturated rings. The van der Waals surface area contributed by atoms with Crippen LogP contribution in [0.2, 0.25) is 0 Å². The van der Waals surface area contributed by atoms with E-state index < -0.39 is 0 Å². The van der Waals surface area contributed by atoms with Gasteiger partial charge in [0.05, 0.1) is 30.2 Å². The average molecular weight is 461 g/mol. The highest BCUT2D eigenvalue weighted by molar-refractivity contribution is 5.75. The fraction of sp³-hybridized carbons (Fsp3) is 0.583. The van der Waals surface area contributed by atoms with E-state index in [1.807, 2.05) is 12.3 Å². The van der Waals surface area contributed by atoms with Crippen LogP contribution in [0.4, 0.5) is 23.4 Å². The molecular weight excluding hydrogens is 428 g/mol. The standard InChI is InChI=1S/C24H32N10/c1-17(2)32-10-12-33(13-11-32)18-6-7-20(25-14-18)29-22-26-15-19-21(30-22)34-23(28-19)31-27-16-24(34)8-4-3-5-9-24/h6-7,14-15,17H,3-5,8-13,16H2,1-2H3,(H,25,26,29,30). The molecule has 10 heteroatoms. The third-order valence-electron chi connectivity index (χ3n) is 7.56. The molecule has 1 aliphatic carbocycles. The molecular formula is C24H32N10. The summed E-state index contributed by atoms with van der Waals surface area (Å²) >= 11 is 0. The molecule has 1 saturated carbocycles. The van der Waals surface area contributed by atoms with E-state index in [1.54, 1.807) is 6.20 Å². The highest BCUT2D eigenvalue weighted by Gasteiger charge is 2.39. The molecule has 0 radical (unpaired) electrons. The van der Waals surface area contributed by atoms with Crippen LogP contribution in [0.5, 0.6) is 0 Å². The van der Waals surface area contributed by atoms with Crippen LogP contribution in [0.15, 0.2) is 34.8 Å². The van der Waals surface area contributed by atoms with Gasteiger partial charge in [-0.15, -0.1) is 5.11 Å². The fourth-order valence-electron chi connectivity index (χ4n) is 5.58. The second-order valence-electron chi connectivity index (χ2n) is 9.98. The molecule has 1 saturated heterocycles. The predicted molar refractivity (Wildman–Crippen MR) is 132 cm³/mol. The quantitative estimate of drug-likeness (QED) is 0.621. The van der Waals surface area contributed by atoms with Crippen molar-refractivity contribution in [1.29, 1.82) is 0 Å². The van der Waals surface area contributed by atoms with Gasteiger partial charge in [-0.3, -0.25) is 9.47 Å². The number of hydrogen-bond acceptors (Lipinski definition) is 9. The van der Waals surface area contributed by atoms with Gasteiger partial charge in [-0.1, -0.05) is 19.3 Å². The van der Waals surface area contributed by atoms with Crippen LogP contribution in [-0.4, -0.2) is 68.2 Å². The van der Waals surface area contributed by atoms with Crippen molar-refractivity contribution in [1.82, 2.24) is 29.4 Å². The average Bonchev–Trinajstić information content (AvgIpc) is 3.25. The normalized spacial score (nSPS) is 20.3. The molecule has 0 amide bonds. The molecule has 1 spiro atoms. The molecule has 3 aromatic rings. The van der Waals surface area contributed by atoms with Crippen molar-refractivity contribution in [2.45, 2.75) is 57.5 Å². The Morgan fingerprint density at radius 1 is 0.941 bits per heavy atom. The first-order valence-electron chi connectivity index (χ1n) is 12.5. The molecule has 34 heavy (non-hydrogen) atoms. The molecule has 2 aliphatic heterocycles. The molecule has 0 bridgehead atoms. The van der Waals surface area contributed by atoms with Crippen molar-refractivity contribution in [2.24, 2.45) is 10.2 Å². The second-order valence-corrected chi connectivity index (χ2v) is 9.98. The van der Waals surface area contributed by atoms with Crippen LogP contribution in [0.25, 0.3) is 11.2 Å². The first-order valence-corrected chi connectivity index (χ1v) is 12.5. The second kappa shape index (κ2) is 8.57. The molecule has 178 valence electrons. The molecule has 3 aromatic heterocycles. The predicted octanol–water partition coefficient (Wildman–Crippen LogP) is 4.25. The Labute approximate surface area is 199 Å². The van der Waals surface area contributed by atoms with E-state index in [2.05, 4.69) is 64.8 Å². The van der Waals surface area contributed by atoms with Crippen molar-refractivity contribution in [3.63, 3.8) is 0 Å². The number of pyridine rings is 1. The minimum Gasteiger partial charge on any atom is -0.368 e. The topological polar surface area (TPSA) is 99.7 Å². The van der Waals surface area contributed by atoms with E-state index >= 15 is 0 Å². The Balaban J connectivity index is 1.22. The third-order valence-corrected chi connectivity index (χ3v) is 7.56. The Bertz CT molecular complexity index is 1180. The summed E-state index contributed by atoms with van der Waals surface area (Å²) < 4.78 is 2.22. The van der Waals surface area contributed by atoms with Gasteiger partial charge < -0.3 is 10.2 Å². The van der Waals surface area contributed by atoms with Gasteiger partial charge in [-0.05, 0) is 38.8 Å². The molecule has 0 unspecified atom stereocenters. The maximum atomic E-state index is 4.85. The van der Waals surface area contributed by atoms with Gasteiger partial charge in [-0.2, -0.15) is 10.1 Å². The van der Waals surface area contributed by atoms with E-state index in [4.69, 9.17) is 4.98 Å². The maximum absolute atomic E-state index is 4.85. The molecule has 1 N–H and O–H groups in total. The summed E-state index contributed by atoms with van der Waals surface area (Å²) in [7, 11) is 0. The van der Waals surface area contributed by atoms with Crippen LogP contribution in [0.1, 0.15) is 46.0 Å². The number of aromatic nitrogens is 5. The smallest absolute Gasteiger partial charge is 0.251 e. The summed E-state index contributed by atoms with van der Waals surface area (Å²) in [6, 6.07) is 4.72. The highest BCUT2D eigenvalue weighted by atomic mass is 15.4. The fourth-order valence-corrected chi connectivity index (χ4v) is 5.58. The van der Waals surface area contributed by atoms with Gasteiger partial charge in [-0.25, -0.2) is 15.0 Å². The van der Waals surface area contributed by atoms with Gasteiger partial charge in [0, 0.05) is 32.2 Å². The van der Waals surface area contributed by atoms with Crippen LogP contribution in [0.3, 0.4) is 0 Å². The van der Waals surface area contributed by atoms with E-state index in [-0.39, 0.29) is 5.54 Å². The zero-order valence-corrected chi connectivity index (χ0v) is 20.0. The van der Waals surface area contributed by atoms with Crippen molar-refractivity contribution >= 4 is 34.6 Å².